The number of aliphatic hydroxyl groups is 2. The van der Waals surface area contributed by atoms with E-state index in [9.17, 15) is 24.9 Å². The second-order valence-electron chi connectivity index (χ2n) is 5.11. The van der Waals surface area contributed by atoms with Crippen molar-refractivity contribution in [3.05, 3.63) is 0 Å². The van der Waals surface area contributed by atoms with Gasteiger partial charge in [-0.1, -0.05) is 13.3 Å². The molecular formula is C12H19NO6. The molecule has 0 radical (unpaired) electrons. The van der Waals surface area contributed by atoms with Crippen molar-refractivity contribution in [3.63, 3.8) is 0 Å². The number of carboxylic acids is 1. The fourth-order valence-electron chi connectivity index (χ4n) is 3.01. The summed E-state index contributed by atoms with van der Waals surface area (Å²) in [6.07, 6.45) is -0.930. The number of aliphatic hydroxyl groups excluding tert-OH is 2. The molecule has 1 heterocycles. The van der Waals surface area contributed by atoms with E-state index in [-0.39, 0.29) is 13.0 Å². The van der Waals surface area contributed by atoms with E-state index in [1.807, 2.05) is 6.92 Å². The number of carboxylic acid groups (broad SMARTS) is 1. The number of rotatable bonds is 4. The highest BCUT2D eigenvalue weighted by molar-refractivity contribution is 5.82. The smallest absolute Gasteiger partial charge is 0.410 e. The third-order valence-corrected chi connectivity index (χ3v) is 3.91. The minimum atomic E-state index is -1.18. The number of piperidine rings is 1. The van der Waals surface area contributed by atoms with Gasteiger partial charge >= 0.3 is 12.1 Å². The molecule has 7 heteroatoms. The quantitative estimate of drug-likeness (QED) is 0.612. The molecule has 1 aliphatic carbocycles. The molecule has 0 aromatic rings. The molecule has 7 nitrogen and oxygen atoms in total. The van der Waals surface area contributed by atoms with Crippen molar-refractivity contribution in [2.24, 2.45) is 5.92 Å². The molecule has 2 rings (SSSR count). The van der Waals surface area contributed by atoms with E-state index in [0.717, 1.165) is 11.3 Å². The average Bonchev–Trinajstić information content (AvgIpc) is 2.78. The number of amides is 1. The predicted molar refractivity (Wildman–Crippen MR) is 63.4 cm³/mol. The summed E-state index contributed by atoms with van der Waals surface area (Å²) in [6, 6.07) is -1.99. The largest absolute Gasteiger partial charge is 0.480 e. The van der Waals surface area contributed by atoms with E-state index >= 15 is 0 Å². The van der Waals surface area contributed by atoms with E-state index in [1.165, 1.54) is 0 Å². The molecule has 1 saturated heterocycles. The summed E-state index contributed by atoms with van der Waals surface area (Å²) in [6.45, 7) is 2.15. The van der Waals surface area contributed by atoms with Gasteiger partial charge in [0.15, 0.2) is 0 Å². The van der Waals surface area contributed by atoms with Gasteiger partial charge in [-0.05, 0) is 12.8 Å². The summed E-state index contributed by atoms with van der Waals surface area (Å²) in [5, 5.41) is 28.9. The summed E-state index contributed by atoms with van der Waals surface area (Å²) in [7, 11) is 0. The molecule has 3 unspecified atom stereocenters. The van der Waals surface area contributed by atoms with Crippen LogP contribution < -0.4 is 0 Å². The predicted octanol–water partition coefficient (Wildman–Crippen LogP) is -0.198. The zero-order valence-corrected chi connectivity index (χ0v) is 10.7. The highest BCUT2D eigenvalue weighted by Crippen LogP contribution is 2.43. The maximum atomic E-state index is 11.9. The van der Waals surface area contributed by atoms with Crippen LogP contribution >= 0.6 is 0 Å². The van der Waals surface area contributed by atoms with Crippen molar-refractivity contribution in [3.8, 4) is 0 Å². The lowest BCUT2D eigenvalue weighted by Crippen LogP contribution is -2.54. The number of hydrogen-bond donors (Lipinski definition) is 3. The molecule has 1 saturated carbocycles. The highest BCUT2D eigenvalue weighted by Gasteiger charge is 2.62. The van der Waals surface area contributed by atoms with Gasteiger partial charge in [-0.25, -0.2) is 9.59 Å². The Balaban J connectivity index is 2.12. The zero-order valence-electron chi connectivity index (χ0n) is 10.7. The van der Waals surface area contributed by atoms with Crippen molar-refractivity contribution < 1.29 is 29.6 Å². The zero-order chi connectivity index (χ0) is 14.2. The number of likely N-dealkylation sites (tertiary alicyclic amines) is 1. The second-order valence-corrected chi connectivity index (χ2v) is 5.11. The van der Waals surface area contributed by atoms with Crippen molar-refractivity contribution in [1.29, 1.82) is 0 Å². The molecular weight excluding hydrogens is 254 g/mol. The Bertz CT molecular complexity index is 373. The lowest BCUT2D eigenvalue weighted by molar-refractivity contribution is -0.145. The van der Waals surface area contributed by atoms with E-state index in [2.05, 4.69) is 0 Å². The number of fused-ring (bicyclic) bond motifs is 2. The van der Waals surface area contributed by atoms with Crippen LogP contribution in [0.4, 0.5) is 4.79 Å². The Kier molecular flexibility index (Phi) is 3.96. The molecule has 1 aliphatic heterocycles. The summed E-state index contributed by atoms with van der Waals surface area (Å²) < 4.78 is 5.00. The number of nitrogens with zero attached hydrogens (tertiary/aromatic N) is 1. The number of ether oxygens (including phenoxy) is 1. The SMILES string of the molecule is CCCCOC(=O)N1C2C(O)C(C[C@H]2O)[C@H]1C(=O)O. The average molecular weight is 273 g/mol. The Labute approximate surface area is 110 Å². The Morgan fingerprint density at radius 2 is 2.05 bits per heavy atom. The summed E-state index contributed by atoms with van der Waals surface area (Å²) in [5.41, 5.74) is 0. The third kappa shape index (κ3) is 2.28. The number of carbonyl (C=O) groups is 2. The highest BCUT2D eigenvalue weighted by atomic mass is 16.6. The monoisotopic (exact) mass is 273 g/mol. The van der Waals surface area contributed by atoms with Gasteiger partial charge in [0.05, 0.1) is 24.9 Å². The van der Waals surface area contributed by atoms with Crippen LogP contribution in [0, 0.1) is 5.92 Å². The molecule has 0 spiro atoms. The lowest BCUT2D eigenvalue weighted by Gasteiger charge is -2.33. The maximum absolute atomic E-state index is 11.9. The molecule has 0 aromatic carbocycles. The van der Waals surface area contributed by atoms with Gasteiger partial charge in [0.2, 0.25) is 0 Å². The van der Waals surface area contributed by atoms with E-state index in [0.29, 0.717) is 6.42 Å². The topological polar surface area (TPSA) is 107 Å². The van der Waals surface area contributed by atoms with E-state index in [4.69, 9.17) is 4.74 Å². The Morgan fingerprint density at radius 3 is 2.63 bits per heavy atom. The van der Waals surface area contributed by atoms with Crippen LogP contribution in [0.2, 0.25) is 0 Å². The first-order valence-corrected chi connectivity index (χ1v) is 6.53. The number of carbonyl (C=O) groups excluding carboxylic acids is 1. The molecule has 2 bridgehead atoms. The molecule has 3 N–H and O–H groups in total. The minimum absolute atomic E-state index is 0.196. The first kappa shape index (κ1) is 14.1. The van der Waals surface area contributed by atoms with Crippen LogP contribution in [0.3, 0.4) is 0 Å². The Hall–Kier alpha value is -1.34. The number of hydrogen-bond acceptors (Lipinski definition) is 5. The maximum Gasteiger partial charge on any atom is 0.410 e. The normalized spacial score (nSPS) is 36.6. The first-order chi connectivity index (χ1) is 8.99. The molecule has 108 valence electrons. The van der Waals surface area contributed by atoms with Gasteiger partial charge in [-0.15, -0.1) is 0 Å². The van der Waals surface area contributed by atoms with Crippen LogP contribution in [0.1, 0.15) is 26.2 Å². The summed E-state index contributed by atoms with van der Waals surface area (Å²) in [4.78, 5) is 24.2. The van der Waals surface area contributed by atoms with E-state index < -0.39 is 42.3 Å². The second kappa shape index (κ2) is 5.34. The van der Waals surface area contributed by atoms with Gasteiger partial charge in [-0.2, -0.15) is 0 Å². The standard InChI is InChI=1S/C12H19NO6/c1-2-3-4-19-12(18)13-8(11(16)17)6-5-7(14)9(13)10(6)15/h6-10,14-15H,2-5H2,1H3,(H,16,17)/t6?,7-,8+,9?,10?/m1/s1. The van der Waals surface area contributed by atoms with Gasteiger partial charge in [0.25, 0.3) is 0 Å². The van der Waals surface area contributed by atoms with E-state index in [1.54, 1.807) is 0 Å². The third-order valence-electron chi connectivity index (χ3n) is 3.91. The van der Waals surface area contributed by atoms with Crippen molar-refractivity contribution in [2.45, 2.75) is 50.5 Å². The van der Waals surface area contributed by atoms with Gasteiger partial charge < -0.3 is 20.1 Å². The van der Waals surface area contributed by atoms with Gasteiger partial charge in [-0.3, -0.25) is 4.90 Å². The van der Waals surface area contributed by atoms with Crippen molar-refractivity contribution in [2.75, 3.05) is 6.61 Å². The van der Waals surface area contributed by atoms with Crippen molar-refractivity contribution in [1.82, 2.24) is 4.90 Å². The molecule has 2 fully saturated rings. The minimum Gasteiger partial charge on any atom is -0.480 e. The fraction of sp³-hybridized carbons (Fsp3) is 0.833. The first-order valence-electron chi connectivity index (χ1n) is 6.53. The van der Waals surface area contributed by atoms with Crippen LogP contribution in [0.25, 0.3) is 0 Å². The molecule has 0 aromatic heterocycles. The molecule has 19 heavy (non-hydrogen) atoms. The van der Waals surface area contributed by atoms with Crippen LogP contribution in [0.15, 0.2) is 0 Å². The fourth-order valence-corrected chi connectivity index (χ4v) is 3.01. The van der Waals surface area contributed by atoms with Gasteiger partial charge in [0.1, 0.15) is 6.04 Å². The number of unbranched alkanes of at least 4 members (excludes halogenated alkanes) is 1. The molecule has 5 atom stereocenters. The molecule has 1 amide bonds. The van der Waals surface area contributed by atoms with Crippen LogP contribution in [-0.2, 0) is 9.53 Å². The van der Waals surface area contributed by atoms with Crippen LogP contribution in [0.5, 0.6) is 0 Å². The van der Waals surface area contributed by atoms with Crippen LogP contribution in [-0.4, -0.2) is 63.2 Å². The molecule has 2 aliphatic rings. The summed E-state index contributed by atoms with van der Waals surface area (Å²) >= 11 is 0. The Morgan fingerprint density at radius 1 is 1.37 bits per heavy atom. The lowest BCUT2D eigenvalue weighted by atomic mass is 9.97. The number of aliphatic carboxylic acids is 1. The van der Waals surface area contributed by atoms with Crippen molar-refractivity contribution >= 4 is 12.1 Å². The van der Waals surface area contributed by atoms with Gasteiger partial charge in [0, 0.05) is 5.92 Å². The summed E-state index contributed by atoms with van der Waals surface area (Å²) in [5.74, 6) is -1.80.